The molecule has 1 heterocycles. The van der Waals surface area contributed by atoms with Crippen LogP contribution in [0.1, 0.15) is 49.5 Å². The van der Waals surface area contributed by atoms with Crippen LogP contribution in [0.25, 0.3) is 0 Å². The lowest BCUT2D eigenvalue weighted by Crippen LogP contribution is -2.09. The second kappa shape index (κ2) is 13.0. The molecular formula is C27H37NO8S. The fraction of sp³-hybridized carbons (Fsp3) is 0.481. The van der Waals surface area contributed by atoms with E-state index in [1.165, 1.54) is 0 Å². The molecule has 37 heavy (non-hydrogen) atoms. The SMILES string of the molecule is CCCOc1c(OCC=CCN)cc([C@@H]2CC[C@@H](c3cc(OC)c(OC)c(OC)c3)O2)cc1S(C)(=O)=O. The second-order valence-electron chi connectivity index (χ2n) is 8.63. The smallest absolute Gasteiger partial charge is 0.203 e. The zero-order chi connectivity index (χ0) is 27.0. The van der Waals surface area contributed by atoms with E-state index in [4.69, 9.17) is 34.2 Å². The standard InChI is InChI=1S/C27H37NO8S/c1-6-12-35-27-24(34-13-8-7-11-28)16-19(17-25(27)37(5,29)30)21-10-9-20(36-21)18-14-22(31-2)26(33-4)23(15-18)32-3/h7-8,14-17,20-21H,6,9-13,28H2,1-5H3/t20-,21-/m0/s1. The van der Waals surface area contributed by atoms with E-state index < -0.39 is 9.84 Å². The van der Waals surface area contributed by atoms with Crippen molar-refractivity contribution in [2.75, 3.05) is 47.3 Å². The highest BCUT2D eigenvalue weighted by atomic mass is 32.2. The van der Waals surface area contributed by atoms with Crippen LogP contribution < -0.4 is 29.4 Å². The van der Waals surface area contributed by atoms with Gasteiger partial charge in [-0.05, 0) is 54.7 Å². The summed E-state index contributed by atoms with van der Waals surface area (Å²) in [6.07, 6.45) is 6.27. The van der Waals surface area contributed by atoms with Gasteiger partial charge < -0.3 is 34.2 Å². The molecule has 10 heteroatoms. The van der Waals surface area contributed by atoms with Crippen molar-refractivity contribution in [2.45, 2.75) is 43.3 Å². The van der Waals surface area contributed by atoms with Gasteiger partial charge in [-0.25, -0.2) is 8.42 Å². The minimum absolute atomic E-state index is 0.0797. The van der Waals surface area contributed by atoms with E-state index in [9.17, 15) is 8.42 Å². The van der Waals surface area contributed by atoms with E-state index in [2.05, 4.69) is 0 Å². The van der Waals surface area contributed by atoms with Crippen LogP contribution >= 0.6 is 0 Å². The van der Waals surface area contributed by atoms with Crippen LogP contribution in [-0.2, 0) is 14.6 Å². The molecular weight excluding hydrogens is 498 g/mol. The minimum Gasteiger partial charge on any atom is -0.493 e. The topological polar surface area (TPSA) is 116 Å². The van der Waals surface area contributed by atoms with Crippen molar-refractivity contribution in [3.05, 3.63) is 47.5 Å². The predicted octanol–water partition coefficient (Wildman–Crippen LogP) is 4.39. The molecule has 1 fully saturated rings. The second-order valence-corrected chi connectivity index (χ2v) is 10.6. The molecule has 0 amide bonds. The lowest BCUT2D eigenvalue weighted by molar-refractivity contribution is 0.0435. The van der Waals surface area contributed by atoms with E-state index in [-0.39, 0.29) is 29.5 Å². The Morgan fingerprint density at radius 1 is 0.892 bits per heavy atom. The molecule has 2 aromatic rings. The Morgan fingerprint density at radius 3 is 2.00 bits per heavy atom. The number of hydrogen-bond donors (Lipinski definition) is 1. The summed E-state index contributed by atoms with van der Waals surface area (Å²) in [6, 6.07) is 7.18. The zero-order valence-electron chi connectivity index (χ0n) is 22.1. The summed E-state index contributed by atoms with van der Waals surface area (Å²) in [4.78, 5) is 0.0797. The average molecular weight is 536 g/mol. The molecule has 2 atom stereocenters. The number of benzene rings is 2. The van der Waals surface area contributed by atoms with Gasteiger partial charge in [0.25, 0.3) is 0 Å². The molecule has 1 aliphatic heterocycles. The van der Waals surface area contributed by atoms with Gasteiger partial charge in [-0.1, -0.05) is 19.1 Å². The van der Waals surface area contributed by atoms with Gasteiger partial charge in [-0.15, -0.1) is 0 Å². The first-order valence-electron chi connectivity index (χ1n) is 12.2. The molecule has 0 aliphatic carbocycles. The van der Waals surface area contributed by atoms with Crippen molar-refractivity contribution in [2.24, 2.45) is 5.73 Å². The molecule has 0 bridgehead atoms. The van der Waals surface area contributed by atoms with Crippen LogP contribution in [0.2, 0.25) is 0 Å². The van der Waals surface area contributed by atoms with Crippen molar-refractivity contribution < 1.29 is 36.8 Å². The summed E-state index contributed by atoms with van der Waals surface area (Å²) < 4.78 is 60.1. The molecule has 204 valence electrons. The molecule has 3 rings (SSSR count). The third-order valence-electron chi connectivity index (χ3n) is 5.98. The van der Waals surface area contributed by atoms with Crippen LogP contribution in [0.5, 0.6) is 28.7 Å². The molecule has 0 saturated carbocycles. The van der Waals surface area contributed by atoms with Gasteiger partial charge in [0.15, 0.2) is 32.8 Å². The highest BCUT2D eigenvalue weighted by Gasteiger charge is 2.32. The number of methoxy groups -OCH3 is 3. The van der Waals surface area contributed by atoms with Gasteiger partial charge in [0.05, 0.1) is 40.1 Å². The first-order valence-corrected chi connectivity index (χ1v) is 14.1. The quantitative estimate of drug-likeness (QED) is 0.373. The van der Waals surface area contributed by atoms with E-state index in [0.29, 0.717) is 48.1 Å². The van der Waals surface area contributed by atoms with Gasteiger partial charge in [0, 0.05) is 12.8 Å². The number of rotatable bonds is 13. The first-order chi connectivity index (χ1) is 17.8. The fourth-order valence-electron chi connectivity index (χ4n) is 4.23. The van der Waals surface area contributed by atoms with Crippen LogP contribution in [0.4, 0.5) is 0 Å². The minimum atomic E-state index is -3.61. The van der Waals surface area contributed by atoms with Gasteiger partial charge in [0.2, 0.25) is 5.75 Å². The summed E-state index contributed by atoms with van der Waals surface area (Å²) in [5.41, 5.74) is 7.11. The monoisotopic (exact) mass is 535 g/mol. The van der Waals surface area contributed by atoms with Crippen molar-refractivity contribution >= 4 is 9.84 Å². The average Bonchev–Trinajstić information content (AvgIpc) is 3.38. The van der Waals surface area contributed by atoms with E-state index in [1.54, 1.807) is 45.6 Å². The Morgan fingerprint density at radius 2 is 1.49 bits per heavy atom. The summed E-state index contributed by atoms with van der Waals surface area (Å²) in [5, 5.41) is 0. The van der Waals surface area contributed by atoms with Crippen LogP contribution in [0.3, 0.4) is 0 Å². The molecule has 2 N–H and O–H groups in total. The van der Waals surface area contributed by atoms with Gasteiger partial charge in [0.1, 0.15) is 11.5 Å². The van der Waals surface area contributed by atoms with Crippen LogP contribution in [-0.4, -0.2) is 55.8 Å². The van der Waals surface area contributed by atoms with E-state index in [0.717, 1.165) is 24.7 Å². The predicted molar refractivity (Wildman–Crippen MR) is 141 cm³/mol. The third-order valence-corrected chi connectivity index (χ3v) is 7.08. The first kappa shape index (κ1) is 28.6. The van der Waals surface area contributed by atoms with Crippen molar-refractivity contribution in [3.63, 3.8) is 0 Å². The molecule has 9 nitrogen and oxygen atoms in total. The van der Waals surface area contributed by atoms with Crippen LogP contribution in [0.15, 0.2) is 41.3 Å². The Balaban J connectivity index is 1.97. The van der Waals surface area contributed by atoms with Crippen molar-refractivity contribution in [1.82, 2.24) is 0 Å². The summed E-state index contributed by atoms with van der Waals surface area (Å²) >= 11 is 0. The lowest BCUT2D eigenvalue weighted by atomic mass is 10.0. The number of sulfone groups is 1. The molecule has 0 aromatic heterocycles. The van der Waals surface area contributed by atoms with Gasteiger partial charge in [-0.3, -0.25) is 0 Å². The summed E-state index contributed by atoms with van der Waals surface area (Å²) in [7, 11) is 1.08. The molecule has 1 saturated heterocycles. The maximum Gasteiger partial charge on any atom is 0.203 e. The Bertz CT molecular complexity index is 1170. The Labute approximate surface area is 219 Å². The zero-order valence-corrected chi connectivity index (χ0v) is 22.9. The highest BCUT2D eigenvalue weighted by Crippen LogP contribution is 2.48. The number of nitrogens with two attached hydrogens (primary N) is 1. The third kappa shape index (κ3) is 6.88. The molecule has 1 aliphatic rings. The van der Waals surface area contributed by atoms with E-state index >= 15 is 0 Å². The maximum atomic E-state index is 12.8. The van der Waals surface area contributed by atoms with Crippen molar-refractivity contribution in [1.29, 1.82) is 0 Å². The normalized spacial score (nSPS) is 17.7. The summed E-state index contributed by atoms with van der Waals surface area (Å²) in [5.74, 6) is 2.17. The molecule has 2 aromatic carbocycles. The van der Waals surface area contributed by atoms with Gasteiger partial charge >= 0.3 is 0 Å². The van der Waals surface area contributed by atoms with Crippen molar-refractivity contribution in [3.8, 4) is 28.7 Å². The molecule has 0 unspecified atom stereocenters. The highest BCUT2D eigenvalue weighted by molar-refractivity contribution is 7.90. The van der Waals surface area contributed by atoms with E-state index in [1.807, 2.05) is 19.1 Å². The van der Waals surface area contributed by atoms with Gasteiger partial charge in [-0.2, -0.15) is 0 Å². The maximum absolute atomic E-state index is 12.8. The Hall–Kier alpha value is -2.95. The molecule has 0 spiro atoms. The lowest BCUT2D eigenvalue weighted by Gasteiger charge is -2.20. The Kier molecular flexibility index (Phi) is 10.1. The number of hydrogen-bond acceptors (Lipinski definition) is 9. The van der Waals surface area contributed by atoms with Crippen LogP contribution in [0, 0.1) is 0 Å². The number of ether oxygens (including phenoxy) is 6. The largest absolute Gasteiger partial charge is 0.493 e. The summed E-state index contributed by atoms with van der Waals surface area (Å²) in [6.45, 7) is 2.93. The fourth-order valence-corrected chi connectivity index (χ4v) is 5.08. The molecule has 0 radical (unpaired) electrons.